The van der Waals surface area contributed by atoms with Crippen molar-refractivity contribution >= 4 is 15.9 Å². The van der Waals surface area contributed by atoms with Crippen molar-refractivity contribution in [3.63, 3.8) is 0 Å². The molecule has 0 unspecified atom stereocenters. The molecule has 0 radical (unpaired) electrons. The maximum Gasteiger partial charge on any atom is 0.251 e. The van der Waals surface area contributed by atoms with Crippen LogP contribution in [0.2, 0.25) is 0 Å². The van der Waals surface area contributed by atoms with Gasteiger partial charge >= 0.3 is 0 Å². The third-order valence-corrected chi connectivity index (χ3v) is 2.28. The first-order valence-electron chi connectivity index (χ1n) is 4.01. The number of ether oxygens (including phenoxy) is 1. The zero-order valence-corrected chi connectivity index (χ0v) is 9.30. The summed E-state index contributed by atoms with van der Waals surface area (Å²) in [6.45, 7) is 3.07. The van der Waals surface area contributed by atoms with Crippen molar-refractivity contribution in [2.45, 2.75) is 13.5 Å². The average Bonchev–Trinajstić information content (AvgIpc) is 2.02. The van der Waals surface area contributed by atoms with Gasteiger partial charge in [0.05, 0.1) is 6.61 Å². The molecule has 0 saturated heterocycles. The van der Waals surface area contributed by atoms with Crippen LogP contribution in [0.3, 0.4) is 0 Å². The second-order valence-corrected chi connectivity index (χ2v) is 3.71. The zero-order valence-electron chi connectivity index (χ0n) is 7.71. The van der Waals surface area contributed by atoms with Gasteiger partial charge < -0.3 is 9.30 Å². The smallest absolute Gasteiger partial charge is 0.251 e. The monoisotopic (exact) mass is 245 g/mol. The minimum atomic E-state index is 0.00363. The summed E-state index contributed by atoms with van der Waals surface area (Å²) in [5.41, 5.74) is 0.945. The average molecular weight is 246 g/mol. The zero-order chi connectivity index (χ0) is 9.84. The Bertz CT molecular complexity index is 346. The van der Waals surface area contributed by atoms with Gasteiger partial charge in [-0.1, -0.05) is 15.9 Å². The Labute approximate surface area is 85.5 Å². The molecule has 0 spiro atoms. The highest BCUT2D eigenvalue weighted by Crippen LogP contribution is 2.07. The first-order valence-corrected chi connectivity index (χ1v) is 4.80. The van der Waals surface area contributed by atoms with Crippen LogP contribution in [0.1, 0.15) is 5.69 Å². The summed E-state index contributed by atoms with van der Waals surface area (Å²) in [5, 5.41) is 0. The highest BCUT2D eigenvalue weighted by molar-refractivity contribution is 9.10. The first kappa shape index (κ1) is 10.5. The van der Waals surface area contributed by atoms with Crippen LogP contribution in [0.15, 0.2) is 21.4 Å². The van der Waals surface area contributed by atoms with Gasteiger partial charge in [0.2, 0.25) is 0 Å². The number of aromatic nitrogens is 1. The van der Waals surface area contributed by atoms with Gasteiger partial charge in [0, 0.05) is 29.9 Å². The molecule has 0 amide bonds. The highest BCUT2D eigenvalue weighted by atomic mass is 79.9. The number of rotatable bonds is 3. The fourth-order valence-electron chi connectivity index (χ4n) is 1.16. The van der Waals surface area contributed by atoms with Crippen LogP contribution in [0.25, 0.3) is 0 Å². The van der Waals surface area contributed by atoms with Crippen molar-refractivity contribution < 1.29 is 4.74 Å². The quantitative estimate of drug-likeness (QED) is 0.810. The Balaban J connectivity index is 2.99. The van der Waals surface area contributed by atoms with E-state index in [9.17, 15) is 4.79 Å². The number of halogens is 1. The second kappa shape index (κ2) is 4.58. The van der Waals surface area contributed by atoms with Crippen LogP contribution in [0.5, 0.6) is 0 Å². The lowest BCUT2D eigenvalue weighted by Crippen LogP contribution is -2.23. The Kier molecular flexibility index (Phi) is 3.69. The van der Waals surface area contributed by atoms with E-state index in [-0.39, 0.29) is 5.56 Å². The molecule has 0 aliphatic heterocycles. The number of methoxy groups -OCH3 is 1. The normalized spacial score (nSPS) is 10.4. The maximum absolute atomic E-state index is 11.4. The topological polar surface area (TPSA) is 31.2 Å². The Morgan fingerprint density at radius 2 is 2.23 bits per heavy atom. The van der Waals surface area contributed by atoms with Gasteiger partial charge in [0.15, 0.2) is 0 Å². The summed E-state index contributed by atoms with van der Waals surface area (Å²) in [4.78, 5) is 11.4. The molecule has 0 atom stereocenters. The first-order chi connectivity index (χ1) is 6.15. The minimum absolute atomic E-state index is 0.00363. The van der Waals surface area contributed by atoms with Gasteiger partial charge in [-0.3, -0.25) is 4.79 Å². The lowest BCUT2D eigenvalue weighted by molar-refractivity contribution is 0.185. The number of aryl methyl sites for hydroxylation is 1. The van der Waals surface area contributed by atoms with Crippen LogP contribution in [0.4, 0.5) is 0 Å². The van der Waals surface area contributed by atoms with E-state index in [1.807, 2.05) is 13.0 Å². The van der Waals surface area contributed by atoms with E-state index < -0.39 is 0 Å². The molecule has 0 aliphatic carbocycles. The lowest BCUT2D eigenvalue weighted by atomic mass is 10.3. The molecule has 72 valence electrons. The Morgan fingerprint density at radius 1 is 1.54 bits per heavy atom. The fraction of sp³-hybridized carbons (Fsp3) is 0.444. The van der Waals surface area contributed by atoms with Crippen molar-refractivity contribution in [1.29, 1.82) is 0 Å². The van der Waals surface area contributed by atoms with E-state index in [1.165, 1.54) is 0 Å². The van der Waals surface area contributed by atoms with E-state index in [0.717, 1.165) is 10.2 Å². The minimum Gasteiger partial charge on any atom is -0.383 e. The lowest BCUT2D eigenvalue weighted by Gasteiger charge is -2.08. The Hall–Kier alpha value is -0.610. The standard InChI is InChI=1S/C9H12BrNO2/c1-7-5-8(10)6-9(12)11(7)3-4-13-2/h5-6H,3-4H2,1-2H3. The van der Waals surface area contributed by atoms with Crippen LogP contribution in [-0.4, -0.2) is 18.3 Å². The van der Waals surface area contributed by atoms with Gasteiger partial charge in [-0.15, -0.1) is 0 Å². The van der Waals surface area contributed by atoms with E-state index in [2.05, 4.69) is 15.9 Å². The van der Waals surface area contributed by atoms with E-state index >= 15 is 0 Å². The van der Waals surface area contributed by atoms with Crippen LogP contribution < -0.4 is 5.56 Å². The van der Waals surface area contributed by atoms with E-state index in [1.54, 1.807) is 17.7 Å². The molecule has 1 rings (SSSR count). The third-order valence-electron chi connectivity index (χ3n) is 1.82. The van der Waals surface area contributed by atoms with Gasteiger partial charge in [-0.25, -0.2) is 0 Å². The third kappa shape index (κ3) is 2.67. The number of hydrogen-bond acceptors (Lipinski definition) is 2. The van der Waals surface area contributed by atoms with Crippen LogP contribution >= 0.6 is 15.9 Å². The molecule has 1 aromatic rings. The molecular weight excluding hydrogens is 234 g/mol. The molecule has 0 bridgehead atoms. The summed E-state index contributed by atoms with van der Waals surface area (Å²) >= 11 is 3.27. The summed E-state index contributed by atoms with van der Waals surface area (Å²) in [6.07, 6.45) is 0. The highest BCUT2D eigenvalue weighted by Gasteiger charge is 2.00. The number of nitrogens with zero attached hydrogens (tertiary/aromatic N) is 1. The fourth-order valence-corrected chi connectivity index (χ4v) is 1.69. The molecule has 0 N–H and O–H groups in total. The Morgan fingerprint density at radius 3 is 2.77 bits per heavy atom. The molecule has 3 nitrogen and oxygen atoms in total. The molecule has 1 heterocycles. The molecule has 4 heteroatoms. The maximum atomic E-state index is 11.4. The van der Waals surface area contributed by atoms with Crippen LogP contribution in [-0.2, 0) is 11.3 Å². The van der Waals surface area contributed by atoms with Crippen LogP contribution in [0, 0.1) is 6.92 Å². The van der Waals surface area contributed by atoms with Crippen molar-refractivity contribution in [2.24, 2.45) is 0 Å². The molecule has 0 aliphatic rings. The van der Waals surface area contributed by atoms with E-state index in [0.29, 0.717) is 13.2 Å². The molecule has 0 saturated carbocycles. The predicted octanol–water partition coefficient (Wildman–Crippen LogP) is 1.57. The molecule has 0 aromatic carbocycles. The van der Waals surface area contributed by atoms with Crippen molar-refractivity contribution in [1.82, 2.24) is 4.57 Å². The summed E-state index contributed by atoms with van der Waals surface area (Å²) in [6, 6.07) is 3.47. The SMILES string of the molecule is COCCn1c(C)cc(Br)cc1=O. The van der Waals surface area contributed by atoms with Gasteiger partial charge in [0.1, 0.15) is 0 Å². The van der Waals surface area contributed by atoms with Crippen molar-refractivity contribution in [2.75, 3.05) is 13.7 Å². The molecule has 0 fully saturated rings. The predicted molar refractivity (Wildman–Crippen MR) is 55.0 cm³/mol. The van der Waals surface area contributed by atoms with Gasteiger partial charge in [-0.05, 0) is 13.0 Å². The summed E-state index contributed by atoms with van der Waals surface area (Å²) in [7, 11) is 1.62. The van der Waals surface area contributed by atoms with E-state index in [4.69, 9.17) is 4.74 Å². The van der Waals surface area contributed by atoms with Crippen molar-refractivity contribution in [3.8, 4) is 0 Å². The summed E-state index contributed by atoms with van der Waals surface area (Å²) in [5.74, 6) is 0. The number of hydrogen-bond donors (Lipinski definition) is 0. The number of pyridine rings is 1. The van der Waals surface area contributed by atoms with Gasteiger partial charge in [0.25, 0.3) is 5.56 Å². The van der Waals surface area contributed by atoms with Crippen molar-refractivity contribution in [3.05, 3.63) is 32.7 Å². The molecule has 13 heavy (non-hydrogen) atoms. The molecule has 1 aromatic heterocycles. The second-order valence-electron chi connectivity index (χ2n) is 2.80. The van der Waals surface area contributed by atoms with Gasteiger partial charge in [-0.2, -0.15) is 0 Å². The summed E-state index contributed by atoms with van der Waals surface area (Å²) < 4.78 is 7.43. The molecular formula is C9H12BrNO2. The largest absolute Gasteiger partial charge is 0.383 e.